The number of nitrogens with zero attached hydrogens (tertiary/aromatic N) is 2. The van der Waals surface area contributed by atoms with Gasteiger partial charge in [-0.1, -0.05) is 37.3 Å². The van der Waals surface area contributed by atoms with Gasteiger partial charge in [0.05, 0.1) is 13.0 Å². The van der Waals surface area contributed by atoms with Crippen LogP contribution in [0.3, 0.4) is 0 Å². The van der Waals surface area contributed by atoms with Crippen molar-refractivity contribution in [3.8, 4) is 0 Å². The van der Waals surface area contributed by atoms with Gasteiger partial charge in [-0.15, -0.1) is 0 Å². The molecule has 0 saturated carbocycles. The topological polar surface area (TPSA) is 79.0 Å². The second-order valence-electron chi connectivity index (χ2n) is 9.32. The van der Waals surface area contributed by atoms with Crippen molar-refractivity contribution < 1.29 is 23.5 Å². The van der Waals surface area contributed by atoms with Crippen LogP contribution in [0, 0.1) is 5.82 Å². The molecule has 2 saturated heterocycles. The Morgan fingerprint density at radius 1 is 1.09 bits per heavy atom. The minimum atomic E-state index is -0.994. The number of hydrogen-bond donors (Lipinski definition) is 1. The highest BCUT2D eigenvalue weighted by atomic mass is 19.1. The van der Waals surface area contributed by atoms with Gasteiger partial charge in [0.2, 0.25) is 11.8 Å². The number of hydrogen-bond acceptors (Lipinski definition) is 4. The van der Waals surface area contributed by atoms with Gasteiger partial charge >= 0.3 is 0 Å². The molecular formula is C27H32FN3O4. The zero-order valence-corrected chi connectivity index (χ0v) is 20.2. The first-order chi connectivity index (χ1) is 16.8. The third kappa shape index (κ3) is 5.37. The maximum atomic E-state index is 13.6. The van der Waals surface area contributed by atoms with E-state index in [2.05, 4.69) is 5.32 Å². The fraction of sp³-hybridized carbons (Fsp3) is 0.444. The standard InChI is InChI=1S/C27H32FN3O4/c1-3-19(2)29-25(33)23-18-35-27(31(23)26(34)21-9-11-22(28)12-10-21)13-15-30(16-14-27)24(32)17-20-7-5-4-6-8-20/h4-12,19,23H,3,13-18H2,1-2H3,(H,29,33). The van der Waals surface area contributed by atoms with E-state index in [1.807, 2.05) is 44.2 Å². The van der Waals surface area contributed by atoms with Crippen molar-refractivity contribution in [3.63, 3.8) is 0 Å². The molecule has 0 aromatic heterocycles. The van der Waals surface area contributed by atoms with E-state index >= 15 is 0 Å². The molecule has 2 heterocycles. The van der Waals surface area contributed by atoms with Crippen LogP contribution in [0.2, 0.25) is 0 Å². The molecule has 0 bridgehead atoms. The summed E-state index contributed by atoms with van der Waals surface area (Å²) in [5, 5.41) is 2.96. The van der Waals surface area contributed by atoms with Gasteiger partial charge in [0.25, 0.3) is 5.91 Å². The van der Waals surface area contributed by atoms with E-state index in [0.717, 1.165) is 12.0 Å². The molecule has 2 aromatic carbocycles. The van der Waals surface area contributed by atoms with Gasteiger partial charge in [-0.25, -0.2) is 4.39 Å². The van der Waals surface area contributed by atoms with Crippen molar-refractivity contribution in [1.82, 2.24) is 15.1 Å². The number of rotatable bonds is 6. The van der Waals surface area contributed by atoms with E-state index < -0.39 is 17.6 Å². The first-order valence-electron chi connectivity index (χ1n) is 12.2. The van der Waals surface area contributed by atoms with Crippen molar-refractivity contribution >= 4 is 17.7 Å². The van der Waals surface area contributed by atoms with Gasteiger partial charge < -0.3 is 15.0 Å². The lowest BCUT2D eigenvalue weighted by molar-refractivity contribution is -0.143. The van der Waals surface area contributed by atoms with E-state index in [9.17, 15) is 18.8 Å². The summed E-state index contributed by atoms with van der Waals surface area (Å²) in [5.74, 6) is -1.07. The van der Waals surface area contributed by atoms with Crippen LogP contribution < -0.4 is 5.32 Å². The number of ether oxygens (including phenoxy) is 1. The summed E-state index contributed by atoms with van der Waals surface area (Å²) >= 11 is 0. The maximum absolute atomic E-state index is 13.6. The third-order valence-corrected chi connectivity index (χ3v) is 6.97. The summed E-state index contributed by atoms with van der Waals surface area (Å²) in [6, 6.07) is 14.0. The molecule has 2 aliphatic rings. The molecule has 3 amide bonds. The summed E-state index contributed by atoms with van der Waals surface area (Å²) in [6.07, 6.45) is 1.86. The Kier molecular flexibility index (Phi) is 7.50. The fourth-order valence-electron chi connectivity index (χ4n) is 4.73. The molecule has 7 nitrogen and oxygen atoms in total. The molecule has 2 aromatic rings. The smallest absolute Gasteiger partial charge is 0.256 e. The maximum Gasteiger partial charge on any atom is 0.256 e. The molecule has 2 fully saturated rings. The van der Waals surface area contributed by atoms with Gasteiger partial charge in [0, 0.05) is 37.5 Å². The lowest BCUT2D eigenvalue weighted by Gasteiger charge is -2.44. The van der Waals surface area contributed by atoms with Crippen LogP contribution in [0.15, 0.2) is 54.6 Å². The molecule has 4 rings (SSSR count). The van der Waals surface area contributed by atoms with Crippen LogP contribution in [-0.2, 0) is 20.7 Å². The van der Waals surface area contributed by atoms with Crippen LogP contribution in [-0.4, -0.2) is 65.0 Å². The Bertz CT molecular complexity index is 1050. The fourth-order valence-corrected chi connectivity index (χ4v) is 4.73. The monoisotopic (exact) mass is 481 g/mol. The summed E-state index contributed by atoms with van der Waals surface area (Å²) in [4.78, 5) is 42.9. The van der Waals surface area contributed by atoms with Crippen molar-refractivity contribution in [1.29, 1.82) is 0 Å². The first-order valence-corrected chi connectivity index (χ1v) is 12.2. The Hall–Kier alpha value is -3.26. The number of nitrogens with one attached hydrogen (secondary N) is 1. The normalized spacial score (nSPS) is 20.0. The van der Waals surface area contributed by atoms with Gasteiger partial charge in [-0.3, -0.25) is 19.3 Å². The number of benzene rings is 2. The number of halogens is 1. The summed E-state index contributed by atoms with van der Waals surface area (Å²) in [5.41, 5.74) is 0.247. The zero-order valence-electron chi connectivity index (χ0n) is 20.2. The number of likely N-dealkylation sites (tertiary alicyclic amines) is 1. The SMILES string of the molecule is CCC(C)NC(=O)C1COC2(CCN(C(=O)Cc3ccccc3)CC2)N1C(=O)c1ccc(F)cc1. The quantitative estimate of drug-likeness (QED) is 0.688. The van der Waals surface area contributed by atoms with Gasteiger partial charge in [-0.05, 0) is 43.2 Å². The van der Waals surface area contributed by atoms with E-state index in [1.54, 1.807) is 4.90 Å². The van der Waals surface area contributed by atoms with Crippen LogP contribution in [0.1, 0.15) is 49.0 Å². The summed E-state index contributed by atoms with van der Waals surface area (Å²) in [6.45, 7) is 4.79. The zero-order chi connectivity index (χ0) is 25.0. The highest BCUT2D eigenvalue weighted by molar-refractivity contribution is 5.98. The number of carbonyl (C=O) groups excluding carboxylic acids is 3. The van der Waals surface area contributed by atoms with Crippen LogP contribution in [0.25, 0.3) is 0 Å². The molecule has 2 atom stereocenters. The average molecular weight is 482 g/mol. The molecule has 0 aliphatic carbocycles. The Labute approximate surface area is 205 Å². The van der Waals surface area contributed by atoms with Gasteiger partial charge in [0.15, 0.2) is 0 Å². The molecule has 1 spiro atoms. The van der Waals surface area contributed by atoms with Gasteiger partial charge in [0.1, 0.15) is 17.6 Å². The minimum absolute atomic E-state index is 0.0199. The minimum Gasteiger partial charge on any atom is -0.353 e. The van der Waals surface area contributed by atoms with Crippen LogP contribution >= 0.6 is 0 Å². The van der Waals surface area contributed by atoms with Crippen molar-refractivity contribution in [2.75, 3.05) is 19.7 Å². The predicted octanol–water partition coefficient (Wildman–Crippen LogP) is 3.14. The largest absolute Gasteiger partial charge is 0.353 e. The summed E-state index contributed by atoms with van der Waals surface area (Å²) in [7, 11) is 0. The van der Waals surface area contributed by atoms with Crippen molar-refractivity contribution in [2.45, 2.75) is 57.3 Å². The number of piperidine rings is 1. The molecule has 0 radical (unpaired) electrons. The molecule has 35 heavy (non-hydrogen) atoms. The van der Waals surface area contributed by atoms with E-state index in [1.165, 1.54) is 29.2 Å². The molecular weight excluding hydrogens is 449 g/mol. The summed E-state index contributed by atoms with van der Waals surface area (Å²) < 4.78 is 19.7. The average Bonchev–Trinajstić information content (AvgIpc) is 3.23. The van der Waals surface area contributed by atoms with Crippen LogP contribution in [0.5, 0.6) is 0 Å². The van der Waals surface area contributed by atoms with Crippen LogP contribution in [0.4, 0.5) is 4.39 Å². The second kappa shape index (κ2) is 10.6. The first kappa shape index (κ1) is 24.9. The Balaban J connectivity index is 1.53. The highest BCUT2D eigenvalue weighted by Gasteiger charge is 2.54. The van der Waals surface area contributed by atoms with Crippen molar-refractivity contribution in [3.05, 3.63) is 71.5 Å². The molecule has 1 N–H and O–H groups in total. The van der Waals surface area contributed by atoms with E-state index in [-0.39, 0.29) is 30.4 Å². The highest BCUT2D eigenvalue weighted by Crippen LogP contribution is 2.38. The number of carbonyl (C=O) groups is 3. The molecule has 2 unspecified atom stereocenters. The van der Waals surface area contributed by atoms with Crippen molar-refractivity contribution in [2.24, 2.45) is 0 Å². The molecule has 186 valence electrons. The molecule has 8 heteroatoms. The Morgan fingerprint density at radius 2 is 1.74 bits per heavy atom. The second-order valence-corrected chi connectivity index (χ2v) is 9.32. The lowest BCUT2D eigenvalue weighted by Crippen LogP contribution is -2.60. The third-order valence-electron chi connectivity index (χ3n) is 6.97. The predicted molar refractivity (Wildman–Crippen MR) is 129 cm³/mol. The van der Waals surface area contributed by atoms with Gasteiger partial charge in [-0.2, -0.15) is 0 Å². The Morgan fingerprint density at radius 3 is 2.37 bits per heavy atom. The number of amides is 3. The lowest BCUT2D eigenvalue weighted by atomic mass is 9.96. The molecule has 2 aliphatic heterocycles. The van der Waals surface area contributed by atoms with E-state index in [4.69, 9.17) is 4.74 Å². The van der Waals surface area contributed by atoms with E-state index in [0.29, 0.717) is 37.9 Å².